The first kappa shape index (κ1) is 21.2. The molecule has 0 spiro atoms. The van der Waals surface area contributed by atoms with E-state index in [0.717, 1.165) is 11.1 Å². The van der Waals surface area contributed by atoms with Crippen LogP contribution in [0.15, 0.2) is 45.8 Å². The lowest BCUT2D eigenvalue weighted by Gasteiger charge is -2.10. The van der Waals surface area contributed by atoms with Crippen LogP contribution in [0.3, 0.4) is 0 Å². The number of ether oxygens (including phenoxy) is 2. The minimum Gasteiger partial charge on any atom is -0.484 e. The summed E-state index contributed by atoms with van der Waals surface area (Å²) in [7, 11) is 0. The van der Waals surface area contributed by atoms with Gasteiger partial charge in [0.15, 0.2) is 6.61 Å². The number of amides is 1. The van der Waals surface area contributed by atoms with Crippen molar-refractivity contribution in [2.24, 2.45) is 0 Å². The summed E-state index contributed by atoms with van der Waals surface area (Å²) in [6.07, 6.45) is 1.20. The monoisotopic (exact) mass is 431 g/mol. The molecule has 2 N–H and O–H groups in total. The molecule has 1 aromatic heterocycles. The molecule has 8 nitrogen and oxygen atoms in total. The maximum Gasteiger partial charge on any atom is 0.322 e. The average molecular weight is 432 g/mol. The zero-order valence-corrected chi connectivity index (χ0v) is 16.9. The topological polar surface area (TPSA) is 115 Å². The third-order valence-corrected chi connectivity index (χ3v) is 4.76. The molecule has 0 aliphatic carbocycles. The van der Waals surface area contributed by atoms with Crippen LogP contribution >= 0.6 is 11.6 Å². The predicted molar refractivity (Wildman–Crippen MR) is 110 cm³/mol. The minimum absolute atomic E-state index is 0.0188. The smallest absolute Gasteiger partial charge is 0.322 e. The largest absolute Gasteiger partial charge is 0.484 e. The van der Waals surface area contributed by atoms with E-state index in [9.17, 15) is 14.4 Å². The number of rotatable bonds is 7. The highest BCUT2D eigenvalue weighted by Crippen LogP contribution is 2.29. The molecular formula is C21H18ClNO7. The van der Waals surface area contributed by atoms with Crippen LogP contribution < -0.4 is 20.2 Å². The van der Waals surface area contributed by atoms with Gasteiger partial charge < -0.3 is 24.3 Å². The molecule has 9 heteroatoms. The minimum atomic E-state index is -1.15. The first-order chi connectivity index (χ1) is 14.2. The van der Waals surface area contributed by atoms with Crippen LogP contribution in [0.2, 0.25) is 5.02 Å². The lowest BCUT2D eigenvalue weighted by Crippen LogP contribution is -2.33. The van der Waals surface area contributed by atoms with Crippen molar-refractivity contribution in [2.75, 3.05) is 13.2 Å². The number of carbonyl (C=O) groups is 2. The zero-order valence-electron chi connectivity index (χ0n) is 16.2. The summed E-state index contributed by atoms with van der Waals surface area (Å²) in [6, 6.07) is 7.92. The predicted octanol–water partition coefficient (Wildman–Crippen LogP) is 3.44. The van der Waals surface area contributed by atoms with E-state index in [1.807, 2.05) is 13.8 Å². The molecule has 1 amide bonds. The van der Waals surface area contributed by atoms with Gasteiger partial charge >= 0.3 is 5.97 Å². The zero-order chi connectivity index (χ0) is 21.8. The maximum absolute atomic E-state index is 12.7. The molecule has 0 fully saturated rings. The number of carboxylic acid groups (broad SMARTS) is 1. The SMILES string of the molecule is Cc1cc(Oc2coc3cc(OCC(=O)NCC(=O)O)ccc3c2=O)cc(C)c1Cl. The Balaban J connectivity index is 1.77. The molecule has 0 unspecified atom stereocenters. The molecule has 0 atom stereocenters. The lowest BCUT2D eigenvalue weighted by atomic mass is 10.1. The second kappa shape index (κ2) is 8.87. The molecular weight excluding hydrogens is 414 g/mol. The molecule has 156 valence electrons. The van der Waals surface area contributed by atoms with E-state index in [0.29, 0.717) is 10.8 Å². The second-order valence-electron chi connectivity index (χ2n) is 6.52. The first-order valence-corrected chi connectivity index (χ1v) is 9.24. The number of halogens is 1. The number of nitrogens with one attached hydrogen (secondary N) is 1. The molecule has 0 aliphatic heterocycles. The van der Waals surface area contributed by atoms with Gasteiger partial charge in [0, 0.05) is 11.1 Å². The van der Waals surface area contributed by atoms with E-state index in [1.165, 1.54) is 24.5 Å². The average Bonchev–Trinajstić information content (AvgIpc) is 2.71. The van der Waals surface area contributed by atoms with Crippen LogP contribution in [0, 0.1) is 13.8 Å². The molecule has 0 saturated heterocycles. The Kier molecular flexibility index (Phi) is 6.27. The van der Waals surface area contributed by atoms with E-state index >= 15 is 0 Å². The number of aryl methyl sites for hydroxylation is 2. The van der Waals surface area contributed by atoms with Crippen LogP contribution in [-0.4, -0.2) is 30.1 Å². The van der Waals surface area contributed by atoms with Crippen molar-refractivity contribution in [2.45, 2.75) is 13.8 Å². The van der Waals surface area contributed by atoms with Crippen molar-refractivity contribution >= 4 is 34.4 Å². The molecule has 0 bridgehead atoms. The quantitative estimate of drug-likeness (QED) is 0.588. The summed E-state index contributed by atoms with van der Waals surface area (Å²) in [5.41, 5.74) is 1.53. The molecule has 1 heterocycles. The Bertz CT molecular complexity index is 1160. The third-order valence-electron chi connectivity index (χ3n) is 4.16. The van der Waals surface area contributed by atoms with Gasteiger partial charge in [-0.2, -0.15) is 0 Å². The van der Waals surface area contributed by atoms with Crippen molar-refractivity contribution in [3.8, 4) is 17.2 Å². The number of carboxylic acids is 1. The Morgan fingerprint density at radius 1 is 1.13 bits per heavy atom. The first-order valence-electron chi connectivity index (χ1n) is 8.86. The number of hydrogen-bond donors (Lipinski definition) is 2. The van der Waals surface area contributed by atoms with Gasteiger partial charge in [-0.15, -0.1) is 0 Å². The van der Waals surface area contributed by atoms with Crippen molar-refractivity contribution in [1.29, 1.82) is 0 Å². The second-order valence-corrected chi connectivity index (χ2v) is 6.90. The summed E-state index contributed by atoms with van der Waals surface area (Å²) in [4.78, 5) is 34.7. The highest BCUT2D eigenvalue weighted by molar-refractivity contribution is 6.32. The third kappa shape index (κ3) is 4.90. The lowest BCUT2D eigenvalue weighted by molar-refractivity contribution is -0.138. The fourth-order valence-corrected chi connectivity index (χ4v) is 2.83. The Morgan fingerprint density at radius 3 is 2.50 bits per heavy atom. The van der Waals surface area contributed by atoms with E-state index in [4.69, 9.17) is 30.6 Å². The fourth-order valence-electron chi connectivity index (χ4n) is 2.72. The van der Waals surface area contributed by atoms with Gasteiger partial charge in [-0.3, -0.25) is 14.4 Å². The number of fused-ring (bicyclic) bond motifs is 1. The summed E-state index contributed by atoms with van der Waals surface area (Å²) in [5.74, 6) is -0.971. The Labute approximate surface area is 176 Å². The molecule has 0 radical (unpaired) electrons. The summed E-state index contributed by atoms with van der Waals surface area (Å²) >= 11 is 6.15. The van der Waals surface area contributed by atoms with Gasteiger partial charge in [-0.05, 0) is 49.2 Å². The van der Waals surface area contributed by atoms with Crippen molar-refractivity contribution in [3.63, 3.8) is 0 Å². The van der Waals surface area contributed by atoms with Crippen LogP contribution in [0.25, 0.3) is 11.0 Å². The molecule has 0 aliphatic rings. The van der Waals surface area contributed by atoms with Crippen molar-refractivity contribution < 1.29 is 28.6 Å². The van der Waals surface area contributed by atoms with Gasteiger partial charge in [0.1, 0.15) is 29.9 Å². The molecule has 3 rings (SSSR count). The molecule has 2 aromatic carbocycles. The van der Waals surface area contributed by atoms with Crippen LogP contribution in [0.1, 0.15) is 11.1 Å². The van der Waals surface area contributed by atoms with Gasteiger partial charge in [-0.25, -0.2) is 0 Å². The van der Waals surface area contributed by atoms with E-state index in [2.05, 4.69) is 5.32 Å². The summed E-state index contributed by atoms with van der Waals surface area (Å²) in [5, 5.41) is 11.6. The van der Waals surface area contributed by atoms with E-state index in [1.54, 1.807) is 12.1 Å². The molecule has 3 aromatic rings. The maximum atomic E-state index is 12.7. The fraction of sp³-hybridized carbons (Fsp3) is 0.190. The van der Waals surface area contributed by atoms with Crippen LogP contribution in [0.4, 0.5) is 0 Å². The Hall–Kier alpha value is -3.52. The van der Waals surface area contributed by atoms with E-state index < -0.39 is 18.4 Å². The van der Waals surface area contributed by atoms with Gasteiger partial charge in [0.25, 0.3) is 5.91 Å². The summed E-state index contributed by atoms with van der Waals surface area (Å²) in [6.45, 7) is 2.81. The number of benzene rings is 2. The van der Waals surface area contributed by atoms with Crippen molar-refractivity contribution in [3.05, 3.63) is 63.0 Å². The highest BCUT2D eigenvalue weighted by Gasteiger charge is 2.12. The van der Waals surface area contributed by atoms with Crippen LogP contribution in [-0.2, 0) is 9.59 Å². The standard InChI is InChI=1S/C21H18ClNO7/c1-11-5-14(6-12(2)20(11)22)30-17-9-29-16-7-13(3-4-15(16)21(17)27)28-10-18(24)23-8-19(25)26/h3-7,9H,8,10H2,1-2H3,(H,23,24)(H,25,26). The number of carbonyl (C=O) groups excluding carboxylic acids is 1. The highest BCUT2D eigenvalue weighted by atomic mass is 35.5. The molecule has 30 heavy (non-hydrogen) atoms. The number of aliphatic carboxylic acids is 1. The Morgan fingerprint density at radius 2 is 1.83 bits per heavy atom. The number of hydrogen-bond acceptors (Lipinski definition) is 6. The summed E-state index contributed by atoms with van der Waals surface area (Å²) < 4.78 is 16.5. The van der Waals surface area contributed by atoms with Crippen LogP contribution in [0.5, 0.6) is 17.2 Å². The molecule has 0 saturated carbocycles. The van der Waals surface area contributed by atoms with E-state index in [-0.39, 0.29) is 34.5 Å². The van der Waals surface area contributed by atoms with Crippen molar-refractivity contribution in [1.82, 2.24) is 5.32 Å². The van der Waals surface area contributed by atoms with Gasteiger partial charge in [-0.1, -0.05) is 11.6 Å². The van der Waals surface area contributed by atoms with Gasteiger partial charge in [0.2, 0.25) is 11.2 Å². The van der Waals surface area contributed by atoms with Gasteiger partial charge in [0.05, 0.1) is 5.39 Å². The normalized spacial score (nSPS) is 10.6.